The van der Waals surface area contributed by atoms with Crippen molar-refractivity contribution in [3.63, 3.8) is 0 Å². The van der Waals surface area contributed by atoms with Crippen LogP contribution in [0.3, 0.4) is 0 Å². The van der Waals surface area contributed by atoms with Crippen molar-refractivity contribution in [3.8, 4) is 0 Å². The lowest BCUT2D eigenvalue weighted by Gasteiger charge is -2.11. The van der Waals surface area contributed by atoms with Crippen molar-refractivity contribution in [1.82, 2.24) is 9.97 Å². The van der Waals surface area contributed by atoms with E-state index in [2.05, 4.69) is 30.7 Å². The summed E-state index contributed by atoms with van der Waals surface area (Å²) in [5.41, 5.74) is 1.61. The fraction of sp³-hybridized carbons (Fsp3) is 0.417. The summed E-state index contributed by atoms with van der Waals surface area (Å²) < 4.78 is 13.0. The van der Waals surface area contributed by atoms with E-state index < -0.39 is 0 Å². The van der Waals surface area contributed by atoms with Crippen molar-refractivity contribution in [2.24, 2.45) is 5.92 Å². The number of rotatable bonds is 2. The first-order chi connectivity index (χ1) is 7.08. The van der Waals surface area contributed by atoms with Crippen molar-refractivity contribution in [1.29, 1.82) is 0 Å². The van der Waals surface area contributed by atoms with Gasteiger partial charge in [-0.25, -0.2) is 9.37 Å². The second-order valence-electron chi connectivity index (χ2n) is 4.32. The predicted molar refractivity (Wildman–Crippen MR) is 59.3 cm³/mol. The zero-order chi connectivity index (χ0) is 11.0. The third kappa shape index (κ3) is 1.87. The molecule has 1 aromatic carbocycles. The van der Waals surface area contributed by atoms with Crippen molar-refractivity contribution in [2.75, 3.05) is 0 Å². The Morgan fingerprint density at radius 2 is 2.00 bits per heavy atom. The summed E-state index contributed by atoms with van der Waals surface area (Å²) in [5.74, 6) is 1.59. The number of H-pyrrole nitrogens is 1. The summed E-state index contributed by atoms with van der Waals surface area (Å²) in [4.78, 5) is 7.62. The molecule has 0 bridgehead atoms. The molecule has 0 amide bonds. The van der Waals surface area contributed by atoms with Crippen molar-refractivity contribution < 1.29 is 4.39 Å². The molecule has 0 saturated heterocycles. The van der Waals surface area contributed by atoms with Crippen LogP contribution in [0.1, 0.15) is 32.5 Å². The number of halogens is 1. The van der Waals surface area contributed by atoms with Gasteiger partial charge < -0.3 is 4.98 Å². The summed E-state index contributed by atoms with van der Waals surface area (Å²) in [5, 5.41) is 0. The fourth-order valence-corrected chi connectivity index (χ4v) is 1.53. The Kier molecular flexibility index (Phi) is 2.47. The lowest BCUT2D eigenvalue weighted by atomic mass is 9.98. The van der Waals surface area contributed by atoms with E-state index in [1.807, 2.05) is 0 Å². The number of aromatic nitrogens is 2. The fourth-order valence-electron chi connectivity index (χ4n) is 1.53. The molecule has 1 unspecified atom stereocenters. The zero-order valence-corrected chi connectivity index (χ0v) is 9.21. The van der Waals surface area contributed by atoms with Gasteiger partial charge in [0.25, 0.3) is 0 Å². The summed E-state index contributed by atoms with van der Waals surface area (Å²) in [7, 11) is 0. The monoisotopic (exact) mass is 206 g/mol. The maximum Gasteiger partial charge on any atom is 0.125 e. The number of nitrogens with one attached hydrogen (secondary N) is 1. The van der Waals surface area contributed by atoms with Gasteiger partial charge in [-0.15, -0.1) is 0 Å². The molecule has 0 radical (unpaired) electrons. The topological polar surface area (TPSA) is 28.7 Å². The maximum atomic E-state index is 13.0. The van der Waals surface area contributed by atoms with Crippen LogP contribution in [0.4, 0.5) is 4.39 Å². The Balaban J connectivity index is 2.47. The number of hydrogen-bond donors (Lipinski definition) is 1. The normalized spacial score (nSPS) is 13.7. The van der Waals surface area contributed by atoms with Gasteiger partial charge in [0, 0.05) is 5.92 Å². The molecule has 0 aliphatic rings. The van der Waals surface area contributed by atoms with Crippen LogP contribution in [0.25, 0.3) is 11.0 Å². The Bertz CT molecular complexity index is 473. The molecule has 0 aliphatic heterocycles. The molecule has 1 N–H and O–H groups in total. The maximum absolute atomic E-state index is 13.0. The van der Waals surface area contributed by atoms with E-state index in [4.69, 9.17) is 0 Å². The van der Waals surface area contributed by atoms with E-state index in [0.717, 1.165) is 16.9 Å². The minimum atomic E-state index is -0.227. The Hall–Kier alpha value is -1.38. The van der Waals surface area contributed by atoms with Gasteiger partial charge in [-0.2, -0.15) is 0 Å². The molecular weight excluding hydrogens is 191 g/mol. The van der Waals surface area contributed by atoms with E-state index >= 15 is 0 Å². The molecule has 3 heteroatoms. The van der Waals surface area contributed by atoms with Gasteiger partial charge in [-0.05, 0) is 24.1 Å². The van der Waals surface area contributed by atoms with E-state index in [1.165, 1.54) is 12.1 Å². The highest BCUT2D eigenvalue weighted by Gasteiger charge is 2.14. The lowest BCUT2D eigenvalue weighted by molar-refractivity contribution is 0.515. The smallest absolute Gasteiger partial charge is 0.125 e. The highest BCUT2D eigenvalue weighted by atomic mass is 19.1. The summed E-state index contributed by atoms with van der Waals surface area (Å²) in [6.45, 7) is 6.43. The standard InChI is InChI=1S/C12H15FN2/c1-7(2)8(3)12-14-10-5-4-9(13)6-11(10)15-12/h4-8H,1-3H3,(H,14,15). The van der Waals surface area contributed by atoms with Crippen LogP contribution >= 0.6 is 0 Å². The zero-order valence-electron chi connectivity index (χ0n) is 9.21. The van der Waals surface area contributed by atoms with Crippen LogP contribution in [-0.2, 0) is 0 Å². The quantitative estimate of drug-likeness (QED) is 0.800. The molecule has 1 aromatic heterocycles. The van der Waals surface area contributed by atoms with Gasteiger partial charge in [0.05, 0.1) is 11.0 Å². The van der Waals surface area contributed by atoms with Crippen LogP contribution in [0, 0.1) is 11.7 Å². The number of benzene rings is 1. The summed E-state index contributed by atoms with van der Waals surface area (Å²) in [6.07, 6.45) is 0. The number of hydrogen-bond acceptors (Lipinski definition) is 1. The van der Waals surface area contributed by atoms with Crippen LogP contribution in [-0.4, -0.2) is 9.97 Å². The molecule has 0 fully saturated rings. The van der Waals surface area contributed by atoms with Gasteiger partial charge in [0.2, 0.25) is 0 Å². The molecule has 80 valence electrons. The third-order valence-electron chi connectivity index (χ3n) is 2.89. The number of nitrogens with zero attached hydrogens (tertiary/aromatic N) is 1. The Morgan fingerprint density at radius 1 is 1.27 bits per heavy atom. The van der Waals surface area contributed by atoms with Gasteiger partial charge in [-0.3, -0.25) is 0 Å². The highest BCUT2D eigenvalue weighted by molar-refractivity contribution is 5.75. The van der Waals surface area contributed by atoms with Crippen molar-refractivity contribution >= 4 is 11.0 Å². The molecule has 2 rings (SSSR count). The molecule has 0 saturated carbocycles. The van der Waals surface area contributed by atoms with Crippen LogP contribution in [0.5, 0.6) is 0 Å². The number of imidazole rings is 1. The molecule has 0 spiro atoms. The van der Waals surface area contributed by atoms with Crippen LogP contribution in [0.15, 0.2) is 18.2 Å². The second-order valence-corrected chi connectivity index (χ2v) is 4.32. The minimum Gasteiger partial charge on any atom is -0.342 e. The van der Waals surface area contributed by atoms with Gasteiger partial charge >= 0.3 is 0 Å². The average Bonchev–Trinajstić information content (AvgIpc) is 2.58. The van der Waals surface area contributed by atoms with Gasteiger partial charge in [0.15, 0.2) is 0 Å². The summed E-state index contributed by atoms with van der Waals surface area (Å²) in [6, 6.07) is 4.63. The highest BCUT2D eigenvalue weighted by Crippen LogP contribution is 2.23. The van der Waals surface area contributed by atoms with Crippen molar-refractivity contribution in [2.45, 2.75) is 26.7 Å². The SMILES string of the molecule is CC(C)C(C)c1nc2ccc(F)cc2[nH]1. The van der Waals surface area contributed by atoms with E-state index in [9.17, 15) is 4.39 Å². The molecule has 2 nitrogen and oxygen atoms in total. The van der Waals surface area contributed by atoms with Crippen molar-refractivity contribution in [3.05, 3.63) is 29.8 Å². The van der Waals surface area contributed by atoms with E-state index in [0.29, 0.717) is 11.8 Å². The summed E-state index contributed by atoms with van der Waals surface area (Å²) >= 11 is 0. The van der Waals surface area contributed by atoms with Crippen LogP contribution < -0.4 is 0 Å². The third-order valence-corrected chi connectivity index (χ3v) is 2.89. The average molecular weight is 206 g/mol. The minimum absolute atomic E-state index is 0.227. The molecular formula is C12H15FN2. The molecule has 0 aliphatic carbocycles. The van der Waals surface area contributed by atoms with E-state index in [1.54, 1.807) is 6.07 Å². The first kappa shape index (κ1) is 10.1. The first-order valence-corrected chi connectivity index (χ1v) is 5.23. The lowest BCUT2D eigenvalue weighted by Crippen LogP contribution is -2.03. The molecule has 15 heavy (non-hydrogen) atoms. The van der Waals surface area contributed by atoms with Crippen LogP contribution in [0.2, 0.25) is 0 Å². The Morgan fingerprint density at radius 3 is 2.67 bits per heavy atom. The van der Waals surface area contributed by atoms with E-state index in [-0.39, 0.29) is 5.82 Å². The molecule has 2 aromatic rings. The van der Waals surface area contributed by atoms with Gasteiger partial charge in [-0.1, -0.05) is 20.8 Å². The Labute approximate surface area is 88.5 Å². The predicted octanol–water partition coefficient (Wildman–Crippen LogP) is 3.46. The number of fused-ring (bicyclic) bond motifs is 1. The first-order valence-electron chi connectivity index (χ1n) is 5.23. The molecule has 1 atom stereocenters. The van der Waals surface area contributed by atoms with Gasteiger partial charge in [0.1, 0.15) is 11.6 Å². The second kappa shape index (κ2) is 3.65. The largest absolute Gasteiger partial charge is 0.342 e. The number of aromatic amines is 1. The molecule has 1 heterocycles.